The number of rotatable bonds is 0. The minimum absolute atomic E-state index is 0. The van der Waals surface area contributed by atoms with Crippen molar-refractivity contribution in [3.05, 3.63) is 0 Å². The molecule has 0 aromatic heterocycles. The Bertz CT molecular complexity index is 15.5. The van der Waals surface area contributed by atoms with E-state index in [2.05, 4.69) is 0 Å². The van der Waals surface area contributed by atoms with Gasteiger partial charge in [0, 0.05) is 77.5 Å². The van der Waals surface area contributed by atoms with Gasteiger partial charge in [0.05, 0.1) is 0 Å². The van der Waals surface area contributed by atoms with Gasteiger partial charge in [-0.25, -0.2) is 0 Å². The van der Waals surface area contributed by atoms with Crippen LogP contribution in [-0.2, 0) is 61.6 Å². The Hall–Kier alpha value is 4.36. The molecule has 0 bridgehead atoms. The van der Waals surface area contributed by atoms with E-state index in [0.717, 1.165) is 0 Å². The summed E-state index contributed by atoms with van der Waals surface area (Å²) in [6.45, 7) is 0. The first-order chi connectivity index (χ1) is 1.00. The van der Waals surface area contributed by atoms with E-state index in [4.69, 9.17) is 3.83 Å². The SMILES string of the molecule is [Ag].[La].[O]=[Mn].[SrH2].[Zn]. The summed E-state index contributed by atoms with van der Waals surface area (Å²) in [5.41, 5.74) is 0. The van der Waals surface area contributed by atoms with Crippen LogP contribution in [0.1, 0.15) is 0 Å². The van der Waals surface area contributed by atoms with Gasteiger partial charge in [0.15, 0.2) is 0 Å². The summed E-state index contributed by atoms with van der Waals surface area (Å²) >= 11 is 1.69. The topological polar surface area (TPSA) is 17.1 Å². The smallest absolute Gasteiger partial charge is 0 e. The van der Waals surface area contributed by atoms with Gasteiger partial charge in [-0.1, -0.05) is 0 Å². The Morgan fingerprint density at radius 1 is 1.17 bits per heavy atom. The average Bonchev–Trinajstić information content (AvgIpc) is 1.00. The van der Waals surface area contributed by atoms with Crippen LogP contribution in [0, 0.1) is 35.6 Å². The first-order valence-electron chi connectivity index (χ1n) is 0.154. The molecular formula is H2AgLaMnOSrZn. The molecule has 0 aliphatic carbocycles. The molecule has 0 aliphatic rings. The molecule has 0 aliphatic heterocycles. The molecule has 0 aromatic carbocycles. The Morgan fingerprint density at radius 3 is 1.17 bits per heavy atom. The zero-order chi connectivity index (χ0) is 2.00. The van der Waals surface area contributed by atoms with Gasteiger partial charge in [-0.3, -0.25) is 0 Å². The standard InChI is InChI=1S/Ag.La.Mn.O.Sr.Zn.2H. The molecule has 33 valence electrons. The van der Waals surface area contributed by atoms with E-state index in [1.54, 1.807) is 15.9 Å². The van der Waals surface area contributed by atoms with Crippen molar-refractivity contribution < 1.29 is 97.2 Å². The molecule has 6 heavy (non-hydrogen) atoms. The molecule has 0 saturated carbocycles. The molecule has 0 saturated heterocycles. The van der Waals surface area contributed by atoms with Crippen LogP contribution >= 0.6 is 0 Å². The molecule has 0 spiro atoms. The van der Waals surface area contributed by atoms with Crippen LogP contribution in [-0.4, -0.2) is 45.5 Å². The summed E-state index contributed by atoms with van der Waals surface area (Å²) in [6.07, 6.45) is 0. The van der Waals surface area contributed by atoms with Gasteiger partial charge in [-0.05, 0) is 0 Å². The summed E-state index contributed by atoms with van der Waals surface area (Å²) in [5, 5.41) is 0. The van der Waals surface area contributed by atoms with Gasteiger partial charge in [0.25, 0.3) is 0 Å². The maximum absolute atomic E-state index is 8.06. The van der Waals surface area contributed by atoms with Gasteiger partial charge < -0.3 is 0 Å². The monoisotopic (exact) mass is 471 g/mol. The van der Waals surface area contributed by atoms with E-state index in [9.17, 15) is 0 Å². The fraction of sp³-hybridized carbons (Fsp3) is 0. The van der Waals surface area contributed by atoms with Crippen molar-refractivity contribution in [1.82, 2.24) is 0 Å². The van der Waals surface area contributed by atoms with Crippen molar-refractivity contribution in [2.24, 2.45) is 0 Å². The third-order valence-electron chi connectivity index (χ3n) is 0. The van der Waals surface area contributed by atoms with Crippen molar-refractivity contribution in [2.75, 3.05) is 0 Å². The Kier molecular flexibility index (Phi) is 181. The average molecular weight is 473 g/mol. The zero-order valence-corrected chi connectivity index (χ0v) is 11.6. The largest absolute Gasteiger partial charge is 0 e. The van der Waals surface area contributed by atoms with Crippen molar-refractivity contribution in [1.29, 1.82) is 0 Å². The Labute approximate surface area is 139 Å². The summed E-state index contributed by atoms with van der Waals surface area (Å²) in [4.78, 5) is 0. The van der Waals surface area contributed by atoms with Gasteiger partial charge in [0.1, 0.15) is 0 Å². The molecule has 6 heteroatoms. The van der Waals surface area contributed by atoms with Crippen LogP contribution in [0.4, 0.5) is 0 Å². The van der Waals surface area contributed by atoms with E-state index in [1.165, 1.54) is 0 Å². The van der Waals surface area contributed by atoms with Crippen molar-refractivity contribution >= 4 is 45.5 Å². The summed E-state index contributed by atoms with van der Waals surface area (Å²) in [6, 6.07) is 0. The van der Waals surface area contributed by atoms with Crippen molar-refractivity contribution in [2.45, 2.75) is 0 Å². The van der Waals surface area contributed by atoms with E-state index < -0.39 is 0 Å². The number of hydrogen-bond acceptors (Lipinski definition) is 1. The first-order valence-corrected chi connectivity index (χ1v) is 0.636. The van der Waals surface area contributed by atoms with E-state index >= 15 is 0 Å². The fourth-order valence-electron chi connectivity index (χ4n) is 0. The minimum atomic E-state index is 0. The molecule has 0 unspecified atom stereocenters. The third kappa shape index (κ3) is 23.8. The summed E-state index contributed by atoms with van der Waals surface area (Å²) in [5.74, 6) is 0. The molecule has 0 heterocycles. The second-order valence-corrected chi connectivity index (χ2v) is 0. The van der Waals surface area contributed by atoms with Gasteiger partial charge in [-0.15, -0.1) is 0 Å². The predicted octanol–water partition coefficient (Wildman–Crippen LogP) is -1.04. The quantitative estimate of drug-likeness (QED) is 0.412. The molecule has 0 rings (SSSR count). The molecule has 0 amide bonds. The third-order valence-corrected chi connectivity index (χ3v) is 0. The molecule has 2 radical (unpaired) electrons. The Morgan fingerprint density at radius 2 is 1.17 bits per heavy atom. The minimum Gasteiger partial charge on any atom is 0 e. The second kappa shape index (κ2) is 34.4. The van der Waals surface area contributed by atoms with Crippen LogP contribution < -0.4 is 0 Å². The van der Waals surface area contributed by atoms with Crippen LogP contribution in [0.5, 0.6) is 0 Å². The van der Waals surface area contributed by atoms with Gasteiger partial charge in [0.2, 0.25) is 0 Å². The Balaban J connectivity index is -0.000000000833. The van der Waals surface area contributed by atoms with Crippen LogP contribution in [0.25, 0.3) is 0 Å². The van der Waals surface area contributed by atoms with Gasteiger partial charge >= 0.3 is 65.3 Å². The van der Waals surface area contributed by atoms with Crippen LogP contribution in [0.3, 0.4) is 0 Å². The molecule has 0 fully saturated rings. The van der Waals surface area contributed by atoms with E-state index in [1.807, 2.05) is 0 Å². The number of hydrogen-bond donors (Lipinski definition) is 0. The van der Waals surface area contributed by atoms with Gasteiger partial charge in [-0.2, -0.15) is 0 Å². The maximum atomic E-state index is 8.06. The molecular weight excluding hydrogens is 471 g/mol. The van der Waals surface area contributed by atoms with Crippen LogP contribution in [0.2, 0.25) is 0 Å². The molecule has 0 aromatic rings. The maximum Gasteiger partial charge on any atom is 0 e. The van der Waals surface area contributed by atoms with E-state index in [0.29, 0.717) is 0 Å². The van der Waals surface area contributed by atoms with Crippen molar-refractivity contribution in [3.63, 3.8) is 0 Å². The zero-order valence-electron chi connectivity index (χ0n) is 2.37. The fourth-order valence-corrected chi connectivity index (χ4v) is 0. The molecule has 0 atom stereocenters. The first kappa shape index (κ1) is 31.6. The second-order valence-electron chi connectivity index (χ2n) is 0. The van der Waals surface area contributed by atoms with E-state index in [-0.39, 0.29) is 123 Å². The normalized spacial score (nSPS) is 0.667. The van der Waals surface area contributed by atoms with Crippen molar-refractivity contribution in [3.8, 4) is 0 Å². The molecule has 0 N–H and O–H groups in total. The predicted molar refractivity (Wildman–Crippen MR) is 9.23 cm³/mol. The summed E-state index contributed by atoms with van der Waals surface area (Å²) < 4.78 is 8.06. The van der Waals surface area contributed by atoms with Crippen LogP contribution in [0.15, 0.2) is 0 Å². The molecule has 1 nitrogen and oxygen atoms in total. The summed E-state index contributed by atoms with van der Waals surface area (Å²) in [7, 11) is 0.